The van der Waals surface area contributed by atoms with E-state index in [2.05, 4.69) is 28.5 Å². The number of carbonyl (C=O) groups is 1. The Bertz CT molecular complexity index is 1230. The number of methoxy groups -OCH3 is 1. The zero-order valence-electron chi connectivity index (χ0n) is 20.3. The molecule has 0 radical (unpaired) electrons. The van der Waals surface area contributed by atoms with E-state index in [1.165, 1.54) is 28.0 Å². The fourth-order valence-electron chi connectivity index (χ4n) is 4.17. The maximum absolute atomic E-state index is 12.7. The van der Waals surface area contributed by atoms with Crippen LogP contribution in [-0.4, -0.2) is 33.5 Å². The Labute approximate surface area is 213 Å². The molecule has 1 N–H and O–H groups in total. The molecule has 8 nitrogen and oxygen atoms in total. The van der Waals surface area contributed by atoms with Gasteiger partial charge < -0.3 is 19.4 Å². The van der Waals surface area contributed by atoms with Crippen molar-refractivity contribution in [2.45, 2.75) is 57.8 Å². The van der Waals surface area contributed by atoms with Crippen LogP contribution in [0.5, 0.6) is 11.5 Å². The summed E-state index contributed by atoms with van der Waals surface area (Å²) in [5, 5.41) is 22.6. The molecule has 1 aliphatic rings. The smallest absolute Gasteiger partial charge is 0.235 e. The van der Waals surface area contributed by atoms with Gasteiger partial charge in [-0.2, -0.15) is 5.26 Å². The van der Waals surface area contributed by atoms with Crippen LogP contribution in [0.1, 0.15) is 55.1 Å². The van der Waals surface area contributed by atoms with Crippen molar-refractivity contribution in [2.24, 2.45) is 5.92 Å². The van der Waals surface area contributed by atoms with Crippen LogP contribution in [-0.2, 0) is 24.2 Å². The Morgan fingerprint density at radius 3 is 2.77 bits per heavy atom. The number of thioether (sulfide) groups is 1. The van der Waals surface area contributed by atoms with Gasteiger partial charge in [-0.15, -0.1) is 21.5 Å². The number of nitrogens with one attached hydrogen (secondary N) is 1. The lowest BCUT2D eigenvalue weighted by Crippen LogP contribution is -2.15. The van der Waals surface area contributed by atoms with Crippen LogP contribution in [0.25, 0.3) is 0 Å². The molecule has 3 aromatic rings. The van der Waals surface area contributed by atoms with E-state index in [4.69, 9.17) is 9.47 Å². The van der Waals surface area contributed by atoms with E-state index in [1.807, 2.05) is 42.7 Å². The normalized spacial score (nSPS) is 15.7. The third kappa shape index (κ3) is 5.63. The molecule has 10 heteroatoms. The molecular formula is C25H29N5O3S2. The number of fused-ring (bicyclic) bond motifs is 1. The monoisotopic (exact) mass is 511 g/mol. The summed E-state index contributed by atoms with van der Waals surface area (Å²) in [5.41, 5.74) is 1.73. The van der Waals surface area contributed by atoms with E-state index in [9.17, 15) is 10.1 Å². The average molecular weight is 512 g/mol. The van der Waals surface area contributed by atoms with Gasteiger partial charge in [-0.25, -0.2) is 0 Å². The molecule has 0 saturated heterocycles. The lowest BCUT2D eigenvalue weighted by atomic mass is 9.89. The number of ether oxygens (including phenoxy) is 2. The maximum Gasteiger partial charge on any atom is 0.235 e. The molecule has 2 unspecified atom stereocenters. The van der Waals surface area contributed by atoms with Gasteiger partial charge in [0.25, 0.3) is 0 Å². The minimum Gasteiger partial charge on any atom is -0.497 e. The van der Waals surface area contributed by atoms with Gasteiger partial charge in [-0.3, -0.25) is 4.79 Å². The first-order valence-electron chi connectivity index (χ1n) is 11.6. The number of hydrogen-bond donors (Lipinski definition) is 1. The molecule has 184 valence electrons. The van der Waals surface area contributed by atoms with Crippen LogP contribution in [0.4, 0.5) is 5.00 Å². The van der Waals surface area contributed by atoms with E-state index < -0.39 is 0 Å². The predicted octanol–water partition coefficient (Wildman–Crippen LogP) is 5.24. The highest BCUT2D eigenvalue weighted by atomic mass is 32.2. The van der Waals surface area contributed by atoms with Gasteiger partial charge in [-0.1, -0.05) is 18.7 Å². The summed E-state index contributed by atoms with van der Waals surface area (Å²) in [7, 11) is 1.62. The molecule has 0 saturated carbocycles. The minimum atomic E-state index is -0.322. The van der Waals surface area contributed by atoms with Gasteiger partial charge in [0, 0.05) is 11.4 Å². The number of nitriles is 1. The average Bonchev–Trinajstić information content (AvgIpc) is 3.42. The second-order valence-electron chi connectivity index (χ2n) is 8.53. The lowest BCUT2D eigenvalue weighted by Gasteiger charge is -2.17. The Balaban J connectivity index is 1.39. The molecule has 1 amide bonds. The fourth-order valence-corrected chi connectivity index (χ4v) is 6.35. The summed E-state index contributed by atoms with van der Waals surface area (Å²) < 4.78 is 13.2. The van der Waals surface area contributed by atoms with Crippen LogP contribution in [0.3, 0.4) is 0 Å². The SMILES string of the molecule is CCn1c(SCC(=O)Nc2sc3c(c2C#N)CCC(C)C3)nnc1C(C)Oc1ccc(OC)cc1. The Kier molecular flexibility index (Phi) is 7.98. The van der Waals surface area contributed by atoms with E-state index in [0.717, 1.165) is 30.6 Å². The summed E-state index contributed by atoms with van der Waals surface area (Å²) in [6.07, 6.45) is 2.63. The summed E-state index contributed by atoms with van der Waals surface area (Å²) in [5.74, 6) is 2.79. The highest BCUT2D eigenvalue weighted by molar-refractivity contribution is 7.99. The molecule has 2 atom stereocenters. The van der Waals surface area contributed by atoms with Gasteiger partial charge in [0.05, 0.1) is 18.4 Å². The molecule has 1 aromatic carbocycles. The Morgan fingerprint density at radius 1 is 1.34 bits per heavy atom. The van der Waals surface area contributed by atoms with Crippen molar-refractivity contribution in [3.05, 3.63) is 46.1 Å². The minimum absolute atomic E-state index is 0.159. The van der Waals surface area contributed by atoms with E-state index in [1.54, 1.807) is 7.11 Å². The first-order chi connectivity index (χ1) is 16.9. The van der Waals surface area contributed by atoms with Crippen LogP contribution in [0, 0.1) is 17.2 Å². The molecule has 2 heterocycles. The number of thiophene rings is 1. The lowest BCUT2D eigenvalue weighted by molar-refractivity contribution is -0.113. The van der Waals surface area contributed by atoms with Crippen molar-refractivity contribution in [2.75, 3.05) is 18.2 Å². The number of benzene rings is 1. The number of hydrogen-bond acceptors (Lipinski definition) is 8. The van der Waals surface area contributed by atoms with Crippen LogP contribution >= 0.6 is 23.1 Å². The van der Waals surface area contributed by atoms with Crippen LogP contribution < -0.4 is 14.8 Å². The summed E-state index contributed by atoms with van der Waals surface area (Å²) in [6.45, 7) is 6.81. The Hall–Kier alpha value is -3.03. The van der Waals surface area contributed by atoms with Gasteiger partial charge in [0.2, 0.25) is 5.91 Å². The highest BCUT2D eigenvalue weighted by Crippen LogP contribution is 2.39. The second-order valence-corrected chi connectivity index (χ2v) is 10.6. The third-order valence-electron chi connectivity index (χ3n) is 6.01. The van der Waals surface area contributed by atoms with Gasteiger partial charge in [-0.05, 0) is 68.9 Å². The largest absolute Gasteiger partial charge is 0.497 e. The number of amides is 1. The topological polar surface area (TPSA) is 102 Å². The van der Waals surface area contributed by atoms with E-state index >= 15 is 0 Å². The van der Waals surface area contributed by atoms with Crippen molar-refractivity contribution in [3.63, 3.8) is 0 Å². The molecule has 4 rings (SSSR count). The fraction of sp³-hybridized carbons (Fsp3) is 0.440. The molecule has 0 aliphatic heterocycles. The molecule has 2 aromatic heterocycles. The molecule has 0 spiro atoms. The quantitative estimate of drug-likeness (QED) is 0.392. The number of aromatic nitrogens is 3. The van der Waals surface area contributed by atoms with E-state index in [0.29, 0.717) is 39.8 Å². The number of anilines is 1. The molecule has 0 bridgehead atoms. The maximum atomic E-state index is 12.7. The summed E-state index contributed by atoms with van der Waals surface area (Å²) in [6, 6.07) is 9.68. The third-order valence-corrected chi connectivity index (χ3v) is 8.14. The van der Waals surface area contributed by atoms with E-state index in [-0.39, 0.29) is 17.8 Å². The number of nitrogens with zero attached hydrogens (tertiary/aromatic N) is 4. The van der Waals surface area contributed by atoms with Gasteiger partial charge >= 0.3 is 0 Å². The molecular weight excluding hydrogens is 482 g/mol. The predicted molar refractivity (Wildman–Crippen MR) is 137 cm³/mol. The summed E-state index contributed by atoms with van der Waals surface area (Å²) in [4.78, 5) is 14.0. The first kappa shape index (κ1) is 25.1. The number of rotatable bonds is 9. The van der Waals surface area contributed by atoms with Crippen molar-refractivity contribution < 1.29 is 14.3 Å². The van der Waals surface area contributed by atoms with Crippen molar-refractivity contribution >= 4 is 34.0 Å². The summed E-state index contributed by atoms with van der Waals surface area (Å²) >= 11 is 2.86. The van der Waals surface area contributed by atoms with Gasteiger partial charge in [0.15, 0.2) is 17.1 Å². The Morgan fingerprint density at radius 2 is 2.09 bits per heavy atom. The zero-order chi connectivity index (χ0) is 24.9. The molecule has 1 aliphatic carbocycles. The molecule has 35 heavy (non-hydrogen) atoms. The second kappa shape index (κ2) is 11.1. The van der Waals surface area contributed by atoms with Crippen molar-refractivity contribution in [3.8, 4) is 17.6 Å². The highest BCUT2D eigenvalue weighted by Gasteiger charge is 2.25. The first-order valence-corrected chi connectivity index (χ1v) is 13.4. The van der Waals surface area contributed by atoms with Crippen molar-refractivity contribution in [1.82, 2.24) is 14.8 Å². The van der Waals surface area contributed by atoms with Crippen LogP contribution in [0.15, 0.2) is 29.4 Å². The van der Waals surface area contributed by atoms with Crippen molar-refractivity contribution in [1.29, 1.82) is 5.26 Å². The van der Waals surface area contributed by atoms with Crippen LogP contribution in [0.2, 0.25) is 0 Å². The number of carbonyl (C=O) groups excluding carboxylic acids is 1. The zero-order valence-corrected chi connectivity index (χ0v) is 22.0. The van der Waals surface area contributed by atoms with Gasteiger partial charge in [0.1, 0.15) is 22.6 Å². The standard InChI is InChI=1S/C25H29N5O3S2/c1-5-30-23(16(3)33-18-9-7-17(32-4)8-10-18)28-29-25(30)34-14-22(31)27-24-20(13-26)19-11-6-15(2)12-21(19)35-24/h7-10,15-16H,5-6,11-12,14H2,1-4H3,(H,27,31). The molecule has 0 fully saturated rings.